The van der Waals surface area contributed by atoms with E-state index in [0.29, 0.717) is 11.6 Å². The molecule has 0 aliphatic heterocycles. The summed E-state index contributed by atoms with van der Waals surface area (Å²) in [5.41, 5.74) is 0.735. The van der Waals surface area contributed by atoms with Crippen molar-refractivity contribution in [3.8, 4) is 0 Å². The SMILES string of the molecule is O=S(=O)(Nc1cccc2cccnc12)c1ccc(F)c(F)c1. The second kappa shape index (κ2) is 5.34. The first-order chi connectivity index (χ1) is 10.5. The van der Waals surface area contributed by atoms with Crippen molar-refractivity contribution in [3.05, 3.63) is 66.4 Å². The van der Waals surface area contributed by atoms with Crippen molar-refractivity contribution in [2.45, 2.75) is 4.90 Å². The smallest absolute Gasteiger partial charge is 0.262 e. The molecule has 112 valence electrons. The number of sulfonamides is 1. The first kappa shape index (κ1) is 14.4. The molecule has 0 radical (unpaired) electrons. The number of pyridine rings is 1. The van der Waals surface area contributed by atoms with Crippen LogP contribution in [0, 0.1) is 11.6 Å². The van der Waals surface area contributed by atoms with Gasteiger partial charge in [0.1, 0.15) is 0 Å². The third-order valence-corrected chi connectivity index (χ3v) is 4.44. The molecule has 0 amide bonds. The Morgan fingerprint density at radius 2 is 1.73 bits per heavy atom. The lowest BCUT2D eigenvalue weighted by Crippen LogP contribution is -2.14. The highest BCUT2D eigenvalue weighted by atomic mass is 32.2. The molecule has 1 N–H and O–H groups in total. The minimum Gasteiger partial charge on any atom is -0.277 e. The molecule has 0 aliphatic carbocycles. The van der Waals surface area contributed by atoms with Crippen LogP contribution in [0.25, 0.3) is 10.9 Å². The number of benzene rings is 2. The van der Waals surface area contributed by atoms with Crippen molar-refractivity contribution in [1.29, 1.82) is 0 Å². The molecule has 0 bridgehead atoms. The number of para-hydroxylation sites is 1. The summed E-state index contributed by atoms with van der Waals surface area (Å²) in [6.07, 6.45) is 1.54. The molecule has 2 aromatic carbocycles. The molecule has 0 unspecified atom stereocenters. The summed E-state index contributed by atoms with van der Waals surface area (Å²) in [4.78, 5) is 3.77. The van der Waals surface area contributed by atoms with E-state index >= 15 is 0 Å². The zero-order valence-electron chi connectivity index (χ0n) is 11.1. The van der Waals surface area contributed by atoms with Crippen LogP contribution in [0.1, 0.15) is 0 Å². The highest BCUT2D eigenvalue weighted by Crippen LogP contribution is 2.24. The fraction of sp³-hybridized carbons (Fsp3) is 0. The lowest BCUT2D eigenvalue weighted by molar-refractivity contribution is 0.504. The van der Waals surface area contributed by atoms with Gasteiger partial charge in [0, 0.05) is 11.6 Å². The van der Waals surface area contributed by atoms with Gasteiger partial charge in [0.2, 0.25) is 0 Å². The number of nitrogens with one attached hydrogen (secondary N) is 1. The first-order valence-corrected chi connectivity index (χ1v) is 7.77. The zero-order chi connectivity index (χ0) is 15.7. The van der Waals surface area contributed by atoms with Gasteiger partial charge in [-0.05, 0) is 30.3 Å². The summed E-state index contributed by atoms with van der Waals surface area (Å²) in [5.74, 6) is -2.33. The molecule has 0 saturated carbocycles. The largest absolute Gasteiger partial charge is 0.277 e. The van der Waals surface area contributed by atoms with Crippen LogP contribution >= 0.6 is 0 Å². The molecule has 3 rings (SSSR count). The molecule has 0 spiro atoms. The summed E-state index contributed by atoms with van der Waals surface area (Å²) < 4.78 is 53.0. The normalized spacial score (nSPS) is 11.5. The number of hydrogen-bond acceptors (Lipinski definition) is 3. The van der Waals surface area contributed by atoms with Gasteiger partial charge in [-0.25, -0.2) is 17.2 Å². The predicted molar refractivity (Wildman–Crippen MR) is 78.9 cm³/mol. The maximum Gasteiger partial charge on any atom is 0.262 e. The van der Waals surface area contributed by atoms with E-state index in [1.54, 1.807) is 30.3 Å². The number of halogens is 2. The van der Waals surface area contributed by atoms with Crippen LogP contribution in [0.15, 0.2) is 59.6 Å². The summed E-state index contributed by atoms with van der Waals surface area (Å²) in [5, 5.41) is 0.757. The van der Waals surface area contributed by atoms with Crippen LogP contribution in [0.5, 0.6) is 0 Å². The Morgan fingerprint density at radius 1 is 0.955 bits per heavy atom. The van der Waals surface area contributed by atoms with E-state index in [9.17, 15) is 17.2 Å². The number of fused-ring (bicyclic) bond motifs is 1. The second-order valence-corrected chi connectivity index (χ2v) is 6.24. The number of hydrogen-bond donors (Lipinski definition) is 1. The predicted octanol–water partition coefficient (Wildman–Crippen LogP) is 3.31. The van der Waals surface area contributed by atoms with E-state index in [4.69, 9.17) is 0 Å². The summed E-state index contributed by atoms with van der Waals surface area (Å²) >= 11 is 0. The van der Waals surface area contributed by atoms with Crippen molar-refractivity contribution in [3.63, 3.8) is 0 Å². The molecule has 0 saturated heterocycles. The van der Waals surface area contributed by atoms with Gasteiger partial charge in [-0.1, -0.05) is 18.2 Å². The highest BCUT2D eigenvalue weighted by Gasteiger charge is 2.18. The Labute approximate surface area is 125 Å². The van der Waals surface area contributed by atoms with Crippen LogP contribution in [-0.2, 0) is 10.0 Å². The van der Waals surface area contributed by atoms with Crippen LogP contribution in [0.2, 0.25) is 0 Å². The van der Waals surface area contributed by atoms with E-state index in [-0.39, 0.29) is 10.6 Å². The lowest BCUT2D eigenvalue weighted by Gasteiger charge is -2.10. The fourth-order valence-corrected chi connectivity index (χ4v) is 3.11. The highest BCUT2D eigenvalue weighted by molar-refractivity contribution is 7.92. The van der Waals surface area contributed by atoms with Crippen molar-refractivity contribution in [2.24, 2.45) is 0 Å². The maximum absolute atomic E-state index is 13.2. The third kappa shape index (κ3) is 2.62. The number of aromatic nitrogens is 1. The van der Waals surface area contributed by atoms with Crippen LogP contribution in [0.3, 0.4) is 0 Å². The van der Waals surface area contributed by atoms with Gasteiger partial charge in [-0.2, -0.15) is 0 Å². The van der Waals surface area contributed by atoms with E-state index in [1.807, 2.05) is 0 Å². The molecule has 1 heterocycles. The number of anilines is 1. The lowest BCUT2D eigenvalue weighted by atomic mass is 10.2. The molecule has 0 atom stereocenters. The van der Waals surface area contributed by atoms with E-state index in [1.165, 1.54) is 6.20 Å². The van der Waals surface area contributed by atoms with Crippen LogP contribution in [-0.4, -0.2) is 13.4 Å². The maximum atomic E-state index is 13.2. The first-order valence-electron chi connectivity index (χ1n) is 6.29. The van der Waals surface area contributed by atoms with E-state index in [2.05, 4.69) is 9.71 Å². The molecule has 0 fully saturated rings. The molecule has 1 aromatic heterocycles. The minimum absolute atomic E-state index is 0.267. The van der Waals surface area contributed by atoms with Crippen molar-refractivity contribution >= 4 is 26.6 Å². The molecule has 3 aromatic rings. The number of rotatable bonds is 3. The van der Waals surface area contributed by atoms with Gasteiger partial charge >= 0.3 is 0 Å². The van der Waals surface area contributed by atoms with Gasteiger partial charge in [0.15, 0.2) is 11.6 Å². The monoisotopic (exact) mass is 320 g/mol. The molecular weight excluding hydrogens is 310 g/mol. The van der Waals surface area contributed by atoms with Gasteiger partial charge in [0.05, 0.1) is 16.1 Å². The average Bonchev–Trinajstić information content (AvgIpc) is 2.50. The second-order valence-electron chi connectivity index (χ2n) is 4.56. The van der Waals surface area contributed by atoms with Crippen LogP contribution < -0.4 is 4.72 Å². The van der Waals surface area contributed by atoms with Gasteiger partial charge < -0.3 is 0 Å². The van der Waals surface area contributed by atoms with Gasteiger partial charge in [-0.15, -0.1) is 0 Å². The molecule has 7 heteroatoms. The zero-order valence-corrected chi connectivity index (χ0v) is 11.9. The summed E-state index contributed by atoms with van der Waals surface area (Å²) in [6.45, 7) is 0. The Kier molecular flexibility index (Phi) is 3.50. The molecule has 4 nitrogen and oxygen atoms in total. The summed E-state index contributed by atoms with van der Waals surface area (Å²) in [7, 11) is -4.04. The van der Waals surface area contributed by atoms with Gasteiger partial charge in [0.25, 0.3) is 10.0 Å². The molecular formula is C15H10F2N2O2S. The topological polar surface area (TPSA) is 59.1 Å². The molecule has 0 aliphatic rings. The van der Waals surface area contributed by atoms with Crippen molar-refractivity contribution < 1.29 is 17.2 Å². The number of nitrogens with zero attached hydrogens (tertiary/aromatic N) is 1. The van der Waals surface area contributed by atoms with Crippen molar-refractivity contribution in [2.75, 3.05) is 4.72 Å². The van der Waals surface area contributed by atoms with E-state index < -0.39 is 21.7 Å². The Hall–Kier alpha value is -2.54. The van der Waals surface area contributed by atoms with Crippen LogP contribution in [0.4, 0.5) is 14.5 Å². The Morgan fingerprint density at radius 3 is 2.50 bits per heavy atom. The van der Waals surface area contributed by atoms with Gasteiger partial charge in [-0.3, -0.25) is 9.71 Å². The quantitative estimate of drug-likeness (QED) is 0.805. The summed E-state index contributed by atoms with van der Waals surface area (Å²) in [6, 6.07) is 10.9. The Balaban J connectivity index is 2.05. The fourth-order valence-electron chi connectivity index (χ4n) is 2.03. The minimum atomic E-state index is -4.04. The molecule has 22 heavy (non-hydrogen) atoms. The van der Waals surface area contributed by atoms with Crippen molar-refractivity contribution in [1.82, 2.24) is 4.98 Å². The average molecular weight is 320 g/mol. The van der Waals surface area contributed by atoms with E-state index in [0.717, 1.165) is 17.5 Å². The Bertz CT molecular complexity index is 953. The standard InChI is InChI=1S/C15H10F2N2O2S/c16-12-7-6-11(9-13(12)17)22(20,21)19-14-5-1-3-10-4-2-8-18-15(10)14/h1-9,19H. The third-order valence-electron chi connectivity index (χ3n) is 3.08.